The normalized spacial score (nSPS) is 11.5. The first-order chi connectivity index (χ1) is 7.42. The van der Waals surface area contributed by atoms with Crippen LogP contribution in [0.3, 0.4) is 0 Å². The average Bonchev–Trinajstić information content (AvgIpc) is 2.68. The van der Waals surface area contributed by atoms with Gasteiger partial charge in [0.1, 0.15) is 0 Å². The Kier molecular flexibility index (Phi) is 3.54. The van der Waals surface area contributed by atoms with Crippen LogP contribution in [0.4, 0.5) is 0 Å². The van der Waals surface area contributed by atoms with Gasteiger partial charge in [0.15, 0.2) is 0 Å². The fourth-order valence-electron chi connectivity index (χ4n) is 1.54. The second-order valence-corrected chi connectivity index (χ2v) is 4.31. The second kappa shape index (κ2) is 5.10. The largest absolute Gasteiger partial charge is 0.314 e. The standard InChI is InChI=1S/C13H15NS/c1-2-14-9-5-6-11-10-15-13-8-4-3-7-12(11)13/h3-8,10,14H,2,9H2,1H3. The number of hydrogen-bond donors (Lipinski definition) is 1. The molecule has 1 aromatic carbocycles. The van der Waals surface area contributed by atoms with Gasteiger partial charge in [0.25, 0.3) is 0 Å². The summed E-state index contributed by atoms with van der Waals surface area (Å²) < 4.78 is 1.36. The van der Waals surface area contributed by atoms with Crippen molar-refractivity contribution in [3.63, 3.8) is 0 Å². The minimum absolute atomic E-state index is 0.945. The van der Waals surface area contributed by atoms with Crippen LogP contribution in [-0.2, 0) is 0 Å². The van der Waals surface area contributed by atoms with E-state index in [1.165, 1.54) is 15.6 Å². The Morgan fingerprint density at radius 1 is 1.33 bits per heavy atom. The fourth-order valence-corrected chi connectivity index (χ4v) is 2.47. The molecule has 2 heteroatoms. The van der Waals surface area contributed by atoms with Crippen molar-refractivity contribution in [2.24, 2.45) is 0 Å². The third kappa shape index (κ3) is 2.46. The van der Waals surface area contributed by atoms with Crippen LogP contribution in [0.25, 0.3) is 16.2 Å². The quantitative estimate of drug-likeness (QED) is 0.773. The SMILES string of the molecule is CCNCC=Cc1csc2ccccc12. The van der Waals surface area contributed by atoms with Crippen molar-refractivity contribution < 1.29 is 0 Å². The minimum Gasteiger partial charge on any atom is -0.314 e. The second-order valence-electron chi connectivity index (χ2n) is 3.40. The van der Waals surface area contributed by atoms with Gasteiger partial charge in [-0.05, 0) is 28.9 Å². The summed E-state index contributed by atoms with van der Waals surface area (Å²) in [6.07, 6.45) is 4.37. The highest BCUT2D eigenvalue weighted by Crippen LogP contribution is 2.26. The predicted octanol–water partition coefficient (Wildman–Crippen LogP) is 3.52. The van der Waals surface area contributed by atoms with Crippen LogP contribution < -0.4 is 5.32 Å². The number of hydrogen-bond acceptors (Lipinski definition) is 2. The third-order valence-electron chi connectivity index (χ3n) is 2.32. The van der Waals surface area contributed by atoms with Crippen molar-refractivity contribution in [3.8, 4) is 0 Å². The molecule has 0 radical (unpaired) electrons. The zero-order valence-corrected chi connectivity index (χ0v) is 9.68. The number of likely N-dealkylation sites (N-methyl/N-ethyl adjacent to an activating group) is 1. The van der Waals surface area contributed by atoms with Crippen molar-refractivity contribution >= 4 is 27.5 Å². The molecule has 2 aromatic rings. The van der Waals surface area contributed by atoms with Crippen molar-refractivity contribution in [1.29, 1.82) is 0 Å². The molecule has 0 spiro atoms. The molecular weight excluding hydrogens is 202 g/mol. The van der Waals surface area contributed by atoms with Crippen LogP contribution in [0, 0.1) is 0 Å². The maximum absolute atomic E-state index is 3.28. The van der Waals surface area contributed by atoms with Gasteiger partial charge < -0.3 is 5.32 Å². The third-order valence-corrected chi connectivity index (χ3v) is 3.30. The molecule has 0 saturated carbocycles. The first-order valence-corrected chi connectivity index (χ1v) is 6.13. The van der Waals surface area contributed by atoms with Crippen LogP contribution in [0.15, 0.2) is 35.7 Å². The molecule has 0 unspecified atom stereocenters. The minimum atomic E-state index is 0.945. The van der Waals surface area contributed by atoms with E-state index in [0.717, 1.165) is 13.1 Å². The van der Waals surface area contributed by atoms with Gasteiger partial charge in [0, 0.05) is 11.2 Å². The van der Waals surface area contributed by atoms with E-state index in [1.54, 1.807) is 11.3 Å². The molecule has 1 nitrogen and oxygen atoms in total. The van der Waals surface area contributed by atoms with Gasteiger partial charge in [0.2, 0.25) is 0 Å². The molecule has 0 atom stereocenters. The molecule has 15 heavy (non-hydrogen) atoms. The Labute approximate surface area is 94.4 Å². The molecule has 0 aliphatic carbocycles. The van der Waals surface area contributed by atoms with Crippen LogP contribution in [-0.4, -0.2) is 13.1 Å². The van der Waals surface area contributed by atoms with Gasteiger partial charge in [-0.2, -0.15) is 0 Å². The summed E-state index contributed by atoms with van der Waals surface area (Å²) in [5.74, 6) is 0. The highest BCUT2D eigenvalue weighted by molar-refractivity contribution is 7.17. The summed E-state index contributed by atoms with van der Waals surface area (Å²) in [4.78, 5) is 0. The Bertz CT molecular complexity index is 456. The summed E-state index contributed by atoms with van der Waals surface area (Å²) in [6.45, 7) is 4.09. The van der Waals surface area contributed by atoms with Gasteiger partial charge >= 0.3 is 0 Å². The molecular formula is C13H15NS. The molecule has 0 amide bonds. The molecule has 0 aliphatic heterocycles. The lowest BCUT2D eigenvalue weighted by Gasteiger charge is -1.93. The molecule has 1 aromatic heterocycles. The first-order valence-electron chi connectivity index (χ1n) is 5.25. The van der Waals surface area contributed by atoms with Crippen LogP contribution in [0.2, 0.25) is 0 Å². The van der Waals surface area contributed by atoms with E-state index < -0.39 is 0 Å². The summed E-state index contributed by atoms with van der Waals surface area (Å²) in [7, 11) is 0. The number of nitrogens with one attached hydrogen (secondary N) is 1. The first kappa shape index (κ1) is 10.4. The number of benzene rings is 1. The van der Waals surface area contributed by atoms with E-state index in [-0.39, 0.29) is 0 Å². The Balaban J connectivity index is 2.17. The molecule has 0 bridgehead atoms. The summed E-state index contributed by atoms with van der Waals surface area (Å²) in [6, 6.07) is 8.53. The van der Waals surface area contributed by atoms with Crippen molar-refractivity contribution in [3.05, 3.63) is 41.3 Å². The highest BCUT2D eigenvalue weighted by atomic mass is 32.1. The van der Waals surface area contributed by atoms with E-state index >= 15 is 0 Å². The topological polar surface area (TPSA) is 12.0 Å². The summed E-state index contributed by atoms with van der Waals surface area (Å²) in [5, 5.41) is 6.85. The lowest BCUT2D eigenvalue weighted by molar-refractivity contribution is 0.801. The van der Waals surface area contributed by atoms with Gasteiger partial charge in [-0.15, -0.1) is 11.3 Å². The molecule has 1 N–H and O–H groups in total. The van der Waals surface area contributed by atoms with Gasteiger partial charge in [-0.25, -0.2) is 0 Å². The average molecular weight is 217 g/mol. The van der Waals surface area contributed by atoms with Gasteiger partial charge in [0.05, 0.1) is 0 Å². The molecule has 0 fully saturated rings. The van der Waals surface area contributed by atoms with Gasteiger partial charge in [-0.1, -0.05) is 37.3 Å². The van der Waals surface area contributed by atoms with E-state index in [4.69, 9.17) is 0 Å². The molecule has 2 rings (SSSR count). The maximum atomic E-state index is 3.28. The number of fused-ring (bicyclic) bond motifs is 1. The van der Waals surface area contributed by atoms with Crippen LogP contribution >= 0.6 is 11.3 Å². The Morgan fingerprint density at radius 2 is 2.20 bits per heavy atom. The Morgan fingerprint density at radius 3 is 3.07 bits per heavy atom. The van der Waals surface area contributed by atoms with E-state index in [9.17, 15) is 0 Å². The van der Waals surface area contributed by atoms with E-state index in [2.05, 4.69) is 54.0 Å². The zero-order chi connectivity index (χ0) is 10.5. The van der Waals surface area contributed by atoms with E-state index in [0.29, 0.717) is 0 Å². The lowest BCUT2D eigenvalue weighted by atomic mass is 10.2. The number of rotatable bonds is 4. The van der Waals surface area contributed by atoms with Crippen LogP contribution in [0.5, 0.6) is 0 Å². The zero-order valence-electron chi connectivity index (χ0n) is 8.86. The molecule has 78 valence electrons. The monoisotopic (exact) mass is 217 g/mol. The highest BCUT2D eigenvalue weighted by Gasteiger charge is 1.98. The van der Waals surface area contributed by atoms with Gasteiger partial charge in [-0.3, -0.25) is 0 Å². The molecule has 1 heterocycles. The van der Waals surface area contributed by atoms with Crippen molar-refractivity contribution in [1.82, 2.24) is 5.32 Å². The Hall–Kier alpha value is -1.12. The summed E-state index contributed by atoms with van der Waals surface area (Å²) >= 11 is 1.81. The maximum Gasteiger partial charge on any atom is 0.0348 e. The van der Waals surface area contributed by atoms with E-state index in [1.807, 2.05) is 0 Å². The smallest absolute Gasteiger partial charge is 0.0348 e. The van der Waals surface area contributed by atoms with Crippen molar-refractivity contribution in [2.75, 3.05) is 13.1 Å². The molecule has 0 aliphatic rings. The predicted molar refractivity (Wildman–Crippen MR) is 69.4 cm³/mol. The number of thiophene rings is 1. The van der Waals surface area contributed by atoms with Crippen molar-refractivity contribution in [2.45, 2.75) is 6.92 Å². The summed E-state index contributed by atoms with van der Waals surface area (Å²) in [5.41, 5.74) is 1.33. The lowest BCUT2D eigenvalue weighted by Crippen LogP contribution is -2.11. The fraction of sp³-hybridized carbons (Fsp3) is 0.231. The van der Waals surface area contributed by atoms with Crippen LogP contribution in [0.1, 0.15) is 12.5 Å². The molecule has 0 saturated heterocycles.